The highest BCUT2D eigenvalue weighted by atomic mass is 35.5. The van der Waals surface area contributed by atoms with Crippen LogP contribution in [0.4, 0.5) is 0 Å². The molecule has 0 radical (unpaired) electrons. The first-order chi connectivity index (χ1) is 6.75. The fraction of sp³-hybridized carbons (Fsp3) is 0. The highest BCUT2D eigenvalue weighted by molar-refractivity contribution is 6.30. The van der Waals surface area contributed by atoms with Gasteiger partial charge < -0.3 is 4.98 Å². The van der Waals surface area contributed by atoms with Crippen LogP contribution in [0, 0.1) is 0 Å². The SMILES string of the molecule is O=c1cccc(-c2cccc(Cl)c2)[nH]1. The van der Waals surface area contributed by atoms with Crippen molar-refractivity contribution in [1.82, 2.24) is 4.98 Å². The highest BCUT2D eigenvalue weighted by Gasteiger charge is 1.97. The van der Waals surface area contributed by atoms with Crippen molar-refractivity contribution >= 4 is 11.6 Å². The van der Waals surface area contributed by atoms with Crippen molar-refractivity contribution in [3.8, 4) is 11.3 Å². The van der Waals surface area contributed by atoms with Crippen molar-refractivity contribution < 1.29 is 0 Å². The molecule has 1 aromatic heterocycles. The lowest BCUT2D eigenvalue weighted by Gasteiger charge is -2.00. The Morgan fingerprint density at radius 2 is 1.86 bits per heavy atom. The molecule has 1 aromatic carbocycles. The molecule has 0 spiro atoms. The molecule has 0 aliphatic heterocycles. The second-order valence-electron chi connectivity index (χ2n) is 2.94. The third-order valence-electron chi connectivity index (χ3n) is 1.90. The Labute approximate surface area is 86.2 Å². The predicted molar refractivity (Wildman–Crippen MR) is 57.5 cm³/mol. The summed E-state index contributed by atoms with van der Waals surface area (Å²) in [5, 5.41) is 0.659. The van der Waals surface area contributed by atoms with Crippen molar-refractivity contribution in [2.75, 3.05) is 0 Å². The van der Waals surface area contributed by atoms with E-state index in [4.69, 9.17) is 11.6 Å². The molecule has 0 saturated heterocycles. The van der Waals surface area contributed by atoms with E-state index >= 15 is 0 Å². The monoisotopic (exact) mass is 205 g/mol. The van der Waals surface area contributed by atoms with Gasteiger partial charge in [0.15, 0.2) is 0 Å². The molecule has 0 amide bonds. The van der Waals surface area contributed by atoms with E-state index in [-0.39, 0.29) is 5.56 Å². The molecule has 0 unspecified atom stereocenters. The largest absolute Gasteiger partial charge is 0.322 e. The fourth-order valence-corrected chi connectivity index (χ4v) is 1.46. The van der Waals surface area contributed by atoms with Crippen LogP contribution in [0.5, 0.6) is 0 Å². The molecule has 0 aliphatic carbocycles. The Morgan fingerprint density at radius 1 is 1.07 bits per heavy atom. The van der Waals surface area contributed by atoms with Crippen LogP contribution in [0.1, 0.15) is 0 Å². The number of hydrogen-bond acceptors (Lipinski definition) is 1. The molecule has 3 heteroatoms. The lowest BCUT2D eigenvalue weighted by Crippen LogP contribution is -2.03. The van der Waals surface area contributed by atoms with Crippen molar-refractivity contribution in [1.29, 1.82) is 0 Å². The van der Waals surface area contributed by atoms with Crippen LogP contribution in [0.25, 0.3) is 11.3 Å². The lowest BCUT2D eigenvalue weighted by atomic mass is 10.1. The molecule has 1 N–H and O–H groups in total. The Balaban J connectivity index is 2.55. The van der Waals surface area contributed by atoms with Crippen molar-refractivity contribution in [3.63, 3.8) is 0 Å². The van der Waals surface area contributed by atoms with Gasteiger partial charge >= 0.3 is 0 Å². The van der Waals surface area contributed by atoms with Gasteiger partial charge in [-0.2, -0.15) is 0 Å². The predicted octanol–water partition coefficient (Wildman–Crippen LogP) is 2.70. The van der Waals surface area contributed by atoms with Gasteiger partial charge in [0.25, 0.3) is 0 Å². The normalized spacial score (nSPS) is 10.1. The lowest BCUT2D eigenvalue weighted by molar-refractivity contribution is 1.24. The second-order valence-corrected chi connectivity index (χ2v) is 3.38. The Hall–Kier alpha value is -1.54. The number of aromatic amines is 1. The summed E-state index contributed by atoms with van der Waals surface area (Å²) in [6, 6.07) is 12.4. The van der Waals surface area contributed by atoms with Crippen LogP contribution in [0.2, 0.25) is 5.02 Å². The van der Waals surface area contributed by atoms with E-state index in [1.807, 2.05) is 24.3 Å². The molecule has 14 heavy (non-hydrogen) atoms. The van der Waals surface area contributed by atoms with Crippen LogP contribution in [-0.4, -0.2) is 4.98 Å². The number of rotatable bonds is 1. The van der Waals surface area contributed by atoms with E-state index in [1.54, 1.807) is 12.1 Å². The zero-order valence-corrected chi connectivity index (χ0v) is 8.08. The van der Waals surface area contributed by atoms with E-state index < -0.39 is 0 Å². The first-order valence-corrected chi connectivity index (χ1v) is 4.59. The van der Waals surface area contributed by atoms with Crippen LogP contribution >= 0.6 is 11.6 Å². The molecular weight excluding hydrogens is 198 g/mol. The third-order valence-corrected chi connectivity index (χ3v) is 2.14. The van der Waals surface area contributed by atoms with E-state index in [1.165, 1.54) is 6.07 Å². The van der Waals surface area contributed by atoms with E-state index in [0.29, 0.717) is 5.02 Å². The summed E-state index contributed by atoms with van der Waals surface area (Å²) in [6.45, 7) is 0. The summed E-state index contributed by atoms with van der Waals surface area (Å²) in [5.41, 5.74) is 1.58. The Morgan fingerprint density at radius 3 is 2.57 bits per heavy atom. The summed E-state index contributed by atoms with van der Waals surface area (Å²) in [6.07, 6.45) is 0. The number of pyridine rings is 1. The number of H-pyrrole nitrogens is 1. The summed E-state index contributed by atoms with van der Waals surface area (Å²) in [5.74, 6) is 0. The van der Waals surface area contributed by atoms with E-state index in [0.717, 1.165) is 11.3 Å². The van der Waals surface area contributed by atoms with Gasteiger partial charge in [-0.25, -0.2) is 0 Å². The minimum atomic E-state index is -0.109. The molecule has 2 rings (SSSR count). The van der Waals surface area contributed by atoms with Gasteiger partial charge in [0.1, 0.15) is 0 Å². The molecule has 70 valence electrons. The van der Waals surface area contributed by atoms with Gasteiger partial charge in [-0.15, -0.1) is 0 Å². The van der Waals surface area contributed by atoms with Crippen molar-refractivity contribution in [3.05, 3.63) is 57.8 Å². The van der Waals surface area contributed by atoms with Gasteiger partial charge in [-0.1, -0.05) is 29.8 Å². The van der Waals surface area contributed by atoms with Crippen LogP contribution in [0.15, 0.2) is 47.3 Å². The summed E-state index contributed by atoms with van der Waals surface area (Å²) >= 11 is 5.84. The Kier molecular flexibility index (Phi) is 2.37. The molecule has 2 aromatic rings. The number of hydrogen-bond donors (Lipinski definition) is 1. The van der Waals surface area contributed by atoms with Crippen molar-refractivity contribution in [2.24, 2.45) is 0 Å². The number of halogens is 1. The molecule has 0 aliphatic rings. The maximum Gasteiger partial charge on any atom is 0.248 e. The highest BCUT2D eigenvalue weighted by Crippen LogP contribution is 2.19. The number of benzene rings is 1. The molecule has 0 bridgehead atoms. The van der Waals surface area contributed by atoms with Crippen LogP contribution in [0.3, 0.4) is 0 Å². The topological polar surface area (TPSA) is 32.9 Å². The van der Waals surface area contributed by atoms with Crippen molar-refractivity contribution in [2.45, 2.75) is 0 Å². The quantitative estimate of drug-likeness (QED) is 0.763. The molecule has 0 fully saturated rings. The Bertz CT molecular complexity index is 504. The van der Waals surface area contributed by atoms with E-state index in [9.17, 15) is 4.79 Å². The summed E-state index contributed by atoms with van der Waals surface area (Å²) in [7, 11) is 0. The maximum absolute atomic E-state index is 11.1. The van der Waals surface area contributed by atoms with Crippen LogP contribution in [-0.2, 0) is 0 Å². The van der Waals surface area contributed by atoms with Gasteiger partial charge in [0.05, 0.1) is 0 Å². The van der Waals surface area contributed by atoms with Gasteiger partial charge in [0, 0.05) is 16.8 Å². The average Bonchev–Trinajstić information content (AvgIpc) is 2.18. The van der Waals surface area contributed by atoms with E-state index in [2.05, 4.69) is 4.98 Å². The smallest absolute Gasteiger partial charge is 0.248 e. The van der Waals surface area contributed by atoms with Gasteiger partial charge in [-0.05, 0) is 23.8 Å². The molecule has 1 heterocycles. The standard InChI is InChI=1S/C11H8ClNO/c12-9-4-1-3-8(7-9)10-5-2-6-11(14)13-10/h1-7H,(H,13,14). The molecule has 0 atom stereocenters. The molecular formula is C11H8ClNO. The maximum atomic E-state index is 11.1. The average molecular weight is 206 g/mol. The van der Waals surface area contributed by atoms with Crippen LogP contribution < -0.4 is 5.56 Å². The summed E-state index contributed by atoms with van der Waals surface area (Å²) < 4.78 is 0. The first-order valence-electron chi connectivity index (χ1n) is 4.21. The second kappa shape index (κ2) is 3.68. The number of nitrogens with one attached hydrogen (secondary N) is 1. The summed E-state index contributed by atoms with van der Waals surface area (Å²) in [4.78, 5) is 13.8. The minimum Gasteiger partial charge on any atom is -0.322 e. The first kappa shape index (κ1) is 9.03. The zero-order chi connectivity index (χ0) is 9.97. The number of aromatic nitrogens is 1. The minimum absolute atomic E-state index is 0.109. The zero-order valence-electron chi connectivity index (χ0n) is 7.33. The van der Waals surface area contributed by atoms with Gasteiger partial charge in [0.2, 0.25) is 5.56 Å². The molecule has 2 nitrogen and oxygen atoms in total. The van der Waals surface area contributed by atoms with Gasteiger partial charge in [-0.3, -0.25) is 4.79 Å². The fourth-order valence-electron chi connectivity index (χ4n) is 1.27. The molecule has 0 saturated carbocycles. The third kappa shape index (κ3) is 1.86.